The van der Waals surface area contributed by atoms with Gasteiger partial charge in [-0.3, -0.25) is 19.0 Å². The molecule has 0 saturated carbocycles. The van der Waals surface area contributed by atoms with Gasteiger partial charge in [-0.15, -0.1) is 22.7 Å². The summed E-state index contributed by atoms with van der Waals surface area (Å²) in [4.78, 5) is 44.3. The minimum Gasteiger partial charge on any atom is -0.463 e. The number of fused-ring (bicyclic) bond motifs is 1. The maximum absolute atomic E-state index is 13.2. The molecule has 4 rings (SSSR count). The Bertz CT molecular complexity index is 1310. The molecular formula is C24H23N3O4S2. The van der Waals surface area contributed by atoms with Crippen molar-refractivity contribution in [1.82, 2.24) is 14.9 Å². The maximum atomic E-state index is 13.2. The van der Waals surface area contributed by atoms with Gasteiger partial charge in [0.1, 0.15) is 11.4 Å². The number of nitrogens with one attached hydrogen (secondary N) is 1. The summed E-state index contributed by atoms with van der Waals surface area (Å²) in [5.74, 6) is -0.796. The molecule has 1 aromatic carbocycles. The second-order valence-corrected chi connectivity index (χ2v) is 9.56. The van der Waals surface area contributed by atoms with E-state index in [9.17, 15) is 14.4 Å². The largest absolute Gasteiger partial charge is 0.463 e. The van der Waals surface area contributed by atoms with Crippen LogP contribution in [0.1, 0.15) is 31.9 Å². The van der Waals surface area contributed by atoms with Gasteiger partial charge in [0.25, 0.3) is 5.56 Å². The highest BCUT2D eigenvalue weighted by Gasteiger charge is 2.21. The third-order valence-electron chi connectivity index (χ3n) is 4.94. The Morgan fingerprint density at radius 1 is 1.12 bits per heavy atom. The summed E-state index contributed by atoms with van der Waals surface area (Å²) in [5, 5.41) is 7.26. The average molecular weight is 482 g/mol. The predicted octanol–water partition coefficient (Wildman–Crippen LogP) is 4.39. The number of rotatable bonds is 8. The lowest BCUT2D eigenvalue weighted by molar-refractivity contribution is -0.148. The molecule has 33 heavy (non-hydrogen) atoms. The molecule has 1 atom stereocenters. The van der Waals surface area contributed by atoms with Crippen LogP contribution in [-0.4, -0.2) is 27.5 Å². The summed E-state index contributed by atoms with van der Waals surface area (Å²) in [7, 11) is 0. The van der Waals surface area contributed by atoms with Crippen molar-refractivity contribution in [3.63, 3.8) is 0 Å². The van der Waals surface area contributed by atoms with Crippen LogP contribution in [0.5, 0.6) is 0 Å². The lowest BCUT2D eigenvalue weighted by atomic mass is 10.0. The van der Waals surface area contributed by atoms with Crippen molar-refractivity contribution in [1.29, 1.82) is 0 Å². The highest BCUT2D eigenvalue weighted by Crippen LogP contribution is 2.33. The van der Waals surface area contributed by atoms with E-state index < -0.39 is 17.9 Å². The number of thiophene rings is 2. The second kappa shape index (κ2) is 10.1. The molecule has 0 aliphatic rings. The van der Waals surface area contributed by atoms with Crippen molar-refractivity contribution in [3.8, 4) is 10.4 Å². The third kappa shape index (κ3) is 5.37. The number of carbonyl (C=O) groups excluding carboxylic acids is 2. The second-order valence-electron chi connectivity index (χ2n) is 7.76. The quantitative estimate of drug-likeness (QED) is 0.377. The van der Waals surface area contributed by atoms with Crippen molar-refractivity contribution < 1.29 is 14.3 Å². The van der Waals surface area contributed by atoms with Crippen LogP contribution in [0.4, 0.5) is 0 Å². The minimum absolute atomic E-state index is 0.00677. The standard InChI is InChI=1S/C24H23N3O4S2/c1-15(2)31-21(29)11-18(16-7-4-3-5-8-16)26-20(28)12-27-14-25-23-22(24(27)30)17(13-33-23)19-9-6-10-32-19/h3-10,13-15,18H,11-12H2,1-2H3,(H,26,28). The Kier molecular flexibility index (Phi) is 7.00. The Balaban J connectivity index is 1.56. The van der Waals surface area contributed by atoms with Crippen LogP contribution in [-0.2, 0) is 20.9 Å². The van der Waals surface area contributed by atoms with E-state index in [-0.39, 0.29) is 24.6 Å². The first-order valence-corrected chi connectivity index (χ1v) is 12.2. The van der Waals surface area contributed by atoms with Crippen molar-refractivity contribution in [2.45, 2.75) is 39.0 Å². The van der Waals surface area contributed by atoms with Gasteiger partial charge >= 0.3 is 5.97 Å². The highest BCUT2D eigenvalue weighted by molar-refractivity contribution is 7.18. The summed E-state index contributed by atoms with van der Waals surface area (Å²) in [6.07, 6.45) is 1.14. The van der Waals surface area contributed by atoms with Gasteiger partial charge in [0.2, 0.25) is 5.91 Å². The Labute approximate surface area is 198 Å². The van der Waals surface area contributed by atoms with Crippen LogP contribution in [0, 0.1) is 0 Å². The summed E-state index contributed by atoms with van der Waals surface area (Å²) < 4.78 is 6.56. The third-order valence-corrected chi connectivity index (χ3v) is 6.73. The fraction of sp³-hybridized carbons (Fsp3) is 0.250. The zero-order valence-corrected chi connectivity index (χ0v) is 19.8. The first kappa shape index (κ1) is 22.9. The Morgan fingerprint density at radius 3 is 2.61 bits per heavy atom. The monoisotopic (exact) mass is 481 g/mol. The predicted molar refractivity (Wildman–Crippen MR) is 130 cm³/mol. The number of esters is 1. The Morgan fingerprint density at radius 2 is 1.91 bits per heavy atom. The molecule has 1 N–H and O–H groups in total. The number of ether oxygens (including phenoxy) is 1. The molecule has 0 aliphatic carbocycles. The number of benzene rings is 1. The Hall–Kier alpha value is -3.30. The molecular weight excluding hydrogens is 458 g/mol. The molecule has 9 heteroatoms. The van der Waals surface area contributed by atoms with E-state index in [0.717, 1.165) is 16.0 Å². The van der Waals surface area contributed by atoms with Crippen molar-refractivity contribution in [2.24, 2.45) is 0 Å². The van der Waals surface area contributed by atoms with Gasteiger partial charge in [-0.25, -0.2) is 4.98 Å². The first-order chi connectivity index (χ1) is 15.9. The normalized spacial score (nSPS) is 12.1. The van der Waals surface area contributed by atoms with Gasteiger partial charge < -0.3 is 10.1 Å². The van der Waals surface area contributed by atoms with E-state index in [1.54, 1.807) is 25.2 Å². The molecule has 4 aromatic rings. The number of carbonyl (C=O) groups is 2. The molecule has 1 amide bonds. The fourth-order valence-electron chi connectivity index (χ4n) is 3.50. The fourth-order valence-corrected chi connectivity index (χ4v) is 5.22. The average Bonchev–Trinajstić information content (AvgIpc) is 3.45. The van der Waals surface area contributed by atoms with Gasteiger partial charge in [0.05, 0.1) is 30.3 Å². The molecule has 3 heterocycles. The zero-order valence-electron chi connectivity index (χ0n) is 18.2. The molecule has 0 radical (unpaired) electrons. The molecule has 7 nitrogen and oxygen atoms in total. The van der Waals surface area contributed by atoms with Crippen LogP contribution in [0.15, 0.2) is 64.3 Å². The first-order valence-electron chi connectivity index (χ1n) is 10.5. The van der Waals surface area contributed by atoms with E-state index in [1.165, 1.54) is 22.2 Å². The van der Waals surface area contributed by atoms with Gasteiger partial charge in [-0.05, 0) is 30.9 Å². The van der Waals surface area contributed by atoms with E-state index >= 15 is 0 Å². The summed E-state index contributed by atoms with van der Waals surface area (Å²) in [5.41, 5.74) is 1.34. The molecule has 0 aliphatic heterocycles. The maximum Gasteiger partial charge on any atom is 0.308 e. The number of hydrogen-bond donors (Lipinski definition) is 1. The van der Waals surface area contributed by atoms with Crippen molar-refractivity contribution in [2.75, 3.05) is 0 Å². The molecule has 170 valence electrons. The van der Waals surface area contributed by atoms with Crippen LogP contribution in [0.25, 0.3) is 20.7 Å². The minimum atomic E-state index is -0.569. The lowest BCUT2D eigenvalue weighted by Crippen LogP contribution is -2.36. The number of amides is 1. The molecule has 0 saturated heterocycles. The van der Waals surface area contributed by atoms with E-state index in [2.05, 4.69) is 10.3 Å². The summed E-state index contributed by atoms with van der Waals surface area (Å²) in [6.45, 7) is 3.35. The molecule has 1 unspecified atom stereocenters. The van der Waals surface area contributed by atoms with Crippen molar-refractivity contribution >= 4 is 44.8 Å². The smallest absolute Gasteiger partial charge is 0.308 e. The van der Waals surface area contributed by atoms with Crippen LogP contribution in [0.3, 0.4) is 0 Å². The van der Waals surface area contributed by atoms with Gasteiger partial charge in [0.15, 0.2) is 0 Å². The van der Waals surface area contributed by atoms with Gasteiger partial charge in [-0.2, -0.15) is 0 Å². The number of hydrogen-bond acceptors (Lipinski definition) is 7. The lowest BCUT2D eigenvalue weighted by Gasteiger charge is -2.19. The number of aromatic nitrogens is 2. The van der Waals surface area contributed by atoms with Crippen LogP contribution < -0.4 is 10.9 Å². The molecule has 0 bridgehead atoms. The van der Waals surface area contributed by atoms with E-state index in [1.807, 2.05) is 53.2 Å². The zero-order chi connectivity index (χ0) is 23.4. The molecule has 0 fully saturated rings. The highest BCUT2D eigenvalue weighted by atomic mass is 32.1. The summed E-state index contributed by atoms with van der Waals surface area (Å²) >= 11 is 2.95. The van der Waals surface area contributed by atoms with Crippen molar-refractivity contribution in [3.05, 3.63) is 75.5 Å². The van der Waals surface area contributed by atoms with Crippen LogP contribution >= 0.6 is 22.7 Å². The van der Waals surface area contributed by atoms with E-state index in [0.29, 0.717) is 10.2 Å². The van der Waals surface area contributed by atoms with Crippen LogP contribution in [0.2, 0.25) is 0 Å². The topological polar surface area (TPSA) is 90.3 Å². The summed E-state index contributed by atoms with van der Waals surface area (Å²) in [6, 6.07) is 12.5. The molecule has 3 aromatic heterocycles. The number of nitrogens with zero attached hydrogens (tertiary/aromatic N) is 2. The van der Waals surface area contributed by atoms with E-state index in [4.69, 9.17) is 4.74 Å². The SMILES string of the molecule is CC(C)OC(=O)CC(NC(=O)Cn1cnc2scc(-c3cccs3)c2c1=O)c1ccccc1. The van der Waals surface area contributed by atoms with Gasteiger partial charge in [-0.1, -0.05) is 36.4 Å². The van der Waals surface area contributed by atoms with Gasteiger partial charge in [0, 0.05) is 15.8 Å². The molecule has 0 spiro atoms.